The molecule has 0 fully saturated rings. The molecule has 0 unspecified atom stereocenters. The molecule has 0 bridgehead atoms. The van der Waals surface area contributed by atoms with Gasteiger partial charge in [0.2, 0.25) is 0 Å². The minimum Gasteiger partial charge on any atom is -0.444 e. The van der Waals surface area contributed by atoms with Gasteiger partial charge in [0.15, 0.2) is 0 Å². The van der Waals surface area contributed by atoms with Crippen molar-refractivity contribution >= 4 is 51.3 Å². The molecule has 0 radical (unpaired) electrons. The highest BCUT2D eigenvalue weighted by Crippen LogP contribution is 2.10. The van der Waals surface area contributed by atoms with E-state index in [4.69, 9.17) is 16.2 Å². The highest BCUT2D eigenvalue weighted by Gasteiger charge is 2.15. The second kappa shape index (κ2) is 18.5. The van der Waals surface area contributed by atoms with Crippen LogP contribution in [0.5, 0.6) is 0 Å². The maximum Gasteiger partial charge on any atom is 0.407 e. The van der Waals surface area contributed by atoms with Gasteiger partial charge in [0, 0.05) is 37.9 Å². The lowest BCUT2D eigenvalue weighted by Crippen LogP contribution is -2.32. The van der Waals surface area contributed by atoms with Gasteiger partial charge in [-0.1, -0.05) is 66.4 Å². The third-order valence-electron chi connectivity index (χ3n) is 5.14. The molecular weight excluding hydrogens is 736 g/mol. The highest BCUT2D eigenvalue weighted by atomic mass is 127. The molecule has 214 valence electrons. The van der Waals surface area contributed by atoms with E-state index in [1.54, 1.807) is 0 Å². The molecule has 0 saturated carbocycles. The minimum atomic E-state index is -0.449. The van der Waals surface area contributed by atoms with E-state index in [0.29, 0.717) is 19.6 Å². The normalized spacial score (nSPS) is 10.0. The summed E-state index contributed by atoms with van der Waals surface area (Å²) in [7, 11) is 0. The molecule has 0 aliphatic rings. The first kappa shape index (κ1) is 34.3. The Morgan fingerprint density at radius 1 is 0.707 bits per heavy atom. The Morgan fingerprint density at radius 3 is 1.73 bits per heavy atom. The zero-order valence-corrected chi connectivity index (χ0v) is 28.0. The Labute approximate surface area is 271 Å². The van der Waals surface area contributed by atoms with Gasteiger partial charge in [-0.25, -0.2) is 4.79 Å². The van der Waals surface area contributed by atoms with Crippen molar-refractivity contribution in [3.8, 4) is 11.8 Å². The third-order valence-corrected chi connectivity index (χ3v) is 6.48. The molecule has 0 atom stereocenters. The molecule has 5 N–H and O–H groups in total. The van der Waals surface area contributed by atoms with Crippen molar-refractivity contribution in [3.05, 3.63) is 138 Å². The molecule has 0 aliphatic carbocycles. The van der Waals surface area contributed by atoms with Crippen LogP contribution < -0.4 is 16.8 Å². The van der Waals surface area contributed by atoms with Crippen molar-refractivity contribution < 1.29 is 9.53 Å². The van der Waals surface area contributed by atoms with Crippen molar-refractivity contribution in [1.29, 1.82) is 0 Å². The van der Waals surface area contributed by atoms with Gasteiger partial charge in [0.05, 0.1) is 0 Å². The van der Waals surface area contributed by atoms with Crippen molar-refractivity contribution in [1.82, 2.24) is 5.32 Å². The molecule has 4 aromatic carbocycles. The zero-order chi connectivity index (χ0) is 30.1. The van der Waals surface area contributed by atoms with E-state index in [1.807, 2.05) is 112 Å². The lowest BCUT2D eigenvalue weighted by molar-refractivity contribution is 0.0523. The maximum atomic E-state index is 11.4. The predicted molar refractivity (Wildman–Crippen MR) is 186 cm³/mol. The minimum absolute atomic E-state index is 0.383. The number of halogens is 2. The topological polar surface area (TPSA) is 90.4 Å². The van der Waals surface area contributed by atoms with Crippen LogP contribution in [0.4, 0.5) is 4.79 Å². The van der Waals surface area contributed by atoms with Crippen LogP contribution in [0.3, 0.4) is 0 Å². The summed E-state index contributed by atoms with van der Waals surface area (Å²) < 4.78 is 7.54. The third kappa shape index (κ3) is 15.6. The molecule has 0 aromatic heterocycles. The molecule has 41 heavy (non-hydrogen) atoms. The Bertz CT molecular complexity index is 1430. The standard InChI is InChI=1S/C15H13N.C12H16INO2.C7H8IN/c16-12-15-8-4-7-14(11-15)10-9-13-5-2-1-3-6-13;1-12(2,3)16-11(15)14-8-9-5-4-6-10(13)7-9;8-7-3-1-2-6(4-7)5-9/h1-8,11H,12,16H2;4-7H,8H2,1-3H3,(H,14,15);1-4H,5,9H2. The number of nitrogens with one attached hydrogen (secondary N) is 1. The Balaban J connectivity index is 0.000000224. The number of hydrogen-bond acceptors (Lipinski definition) is 4. The van der Waals surface area contributed by atoms with E-state index >= 15 is 0 Å². The number of alkyl carbamates (subject to hydrolysis) is 1. The fourth-order valence-corrected chi connectivity index (χ4v) is 4.46. The van der Waals surface area contributed by atoms with Crippen molar-refractivity contribution in [2.75, 3.05) is 0 Å². The number of amides is 1. The second-order valence-corrected chi connectivity index (χ2v) is 12.3. The lowest BCUT2D eigenvalue weighted by atomic mass is 10.1. The largest absolute Gasteiger partial charge is 0.444 e. The molecule has 0 heterocycles. The van der Waals surface area contributed by atoms with Crippen molar-refractivity contribution in [2.45, 2.75) is 46.0 Å². The van der Waals surface area contributed by atoms with E-state index in [2.05, 4.69) is 74.5 Å². The van der Waals surface area contributed by atoms with Crippen molar-refractivity contribution in [2.24, 2.45) is 11.5 Å². The van der Waals surface area contributed by atoms with E-state index in [1.165, 1.54) is 9.13 Å². The summed E-state index contributed by atoms with van der Waals surface area (Å²) >= 11 is 4.51. The summed E-state index contributed by atoms with van der Waals surface area (Å²) in [6.45, 7) is 7.22. The van der Waals surface area contributed by atoms with Crippen LogP contribution in [0.25, 0.3) is 0 Å². The highest BCUT2D eigenvalue weighted by molar-refractivity contribution is 14.1. The smallest absolute Gasteiger partial charge is 0.407 e. The van der Waals surface area contributed by atoms with E-state index < -0.39 is 5.60 Å². The first-order valence-corrected chi connectivity index (χ1v) is 15.3. The average Bonchev–Trinajstić information content (AvgIpc) is 2.95. The number of ether oxygens (including phenoxy) is 1. The van der Waals surface area contributed by atoms with Gasteiger partial charge in [-0.05, 0) is 131 Å². The molecule has 0 spiro atoms. The molecular formula is C34H37I2N3O2. The van der Waals surface area contributed by atoms with Gasteiger partial charge in [-0.2, -0.15) is 0 Å². The van der Waals surface area contributed by atoms with Crippen LogP contribution >= 0.6 is 45.2 Å². The molecule has 7 heteroatoms. The summed E-state index contributed by atoms with van der Waals surface area (Å²) in [6.07, 6.45) is -0.383. The number of hydrogen-bond donors (Lipinski definition) is 3. The van der Waals surface area contributed by atoms with Gasteiger partial charge in [-0.3, -0.25) is 0 Å². The van der Waals surface area contributed by atoms with E-state index in [9.17, 15) is 4.79 Å². The number of carbonyl (C=O) groups is 1. The number of carbonyl (C=O) groups excluding carboxylic acids is 1. The summed E-state index contributed by atoms with van der Waals surface area (Å²) in [5, 5.41) is 2.72. The maximum absolute atomic E-state index is 11.4. The summed E-state index contributed by atoms with van der Waals surface area (Å²) in [5.74, 6) is 6.25. The van der Waals surface area contributed by atoms with Crippen LogP contribution in [0.1, 0.15) is 48.6 Å². The molecule has 4 rings (SSSR count). The van der Waals surface area contributed by atoms with Crippen LogP contribution in [0.2, 0.25) is 0 Å². The molecule has 1 amide bonds. The average molecular weight is 773 g/mol. The Morgan fingerprint density at radius 2 is 1.20 bits per heavy atom. The van der Waals surface area contributed by atoms with E-state index in [-0.39, 0.29) is 6.09 Å². The monoisotopic (exact) mass is 773 g/mol. The van der Waals surface area contributed by atoms with Gasteiger partial charge in [0.25, 0.3) is 0 Å². The zero-order valence-electron chi connectivity index (χ0n) is 23.7. The number of benzene rings is 4. The summed E-state index contributed by atoms with van der Waals surface area (Å²) in [6, 6.07) is 34.1. The molecule has 4 aromatic rings. The van der Waals surface area contributed by atoms with Gasteiger partial charge < -0.3 is 21.5 Å². The van der Waals surface area contributed by atoms with Gasteiger partial charge >= 0.3 is 6.09 Å². The molecule has 0 saturated heterocycles. The second-order valence-electron chi connectivity index (χ2n) is 9.84. The number of nitrogens with two attached hydrogens (primary N) is 2. The van der Waals surface area contributed by atoms with Crippen LogP contribution in [-0.2, 0) is 24.4 Å². The predicted octanol–water partition coefficient (Wildman–Crippen LogP) is 7.61. The summed E-state index contributed by atoms with van der Waals surface area (Å²) in [4.78, 5) is 11.4. The Hall–Kier alpha value is -2.91. The first-order chi connectivity index (χ1) is 19.6. The van der Waals surface area contributed by atoms with Gasteiger partial charge in [0.1, 0.15) is 5.60 Å². The van der Waals surface area contributed by atoms with Crippen molar-refractivity contribution in [3.63, 3.8) is 0 Å². The molecule has 5 nitrogen and oxygen atoms in total. The molecule has 0 aliphatic heterocycles. The fraction of sp³-hybridized carbons (Fsp3) is 0.206. The van der Waals surface area contributed by atoms with Crippen LogP contribution in [0, 0.1) is 19.0 Å². The van der Waals surface area contributed by atoms with Crippen LogP contribution in [0.15, 0.2) is 103 Å². The first-order valence-electron chi connectivity index (χ1n) is 13.1. The fourth-order valence-electron chi connectivity index (χ4n) is 3.24. The lowest BCUT2D eigenvalue weighted by Gasteiger charge is -2.19. The van der Waals surface area contributed by atoms with Crippen LogP contribution in [-0.4, -0.2) is 11.7 Å². The summed E-state index contributed by atoms with van der Waals surface area (Å²) in [5.41, 5.74) is 16.0. The van der Waals surface area contributed by atoms with E-state index in [0.717, 1.165) is 25.8 Å². The Kier molecular flexibility index (Phi) is 15.5. The quantitative estimate of drug-likeness (QED) is 0.147. The van der Waals surface area contributed by atoms with Gasteiger partial charge in [-0.15, -0.1) is 0 Å². The SMILES string of the molecule is CC(C)(C)OC(=O)NCc1cccc(I)c1.NCc1cccc(C#Cc2ccccc2)c1.NCc1cccc(I)c1. The number of rotatable bonds is 4.